The van der Waals surface area contributed by atoms with Crippen molar-refractivity contribution >= 4 is 5.69 Å². The van der Waals surface area contributed by atoms with Gasteiger partial charge in [0.15, 0.2) is 0 Å². The number of nitrogen functional groups attached to an aromatic ring is 1. The van der Waals surface area contributed by atoms with E-state index < -0.39 is 0 Å². The molecule has 0 unspecified atom stereocenters. The lowest BCUT2D eigenvalue weighted by molar-refractivity contribution is 0.660. The first-order valence-electron chi connectivity index (χ1n) is 4.95. The molecule has 0 aliphatic heterocycles. The normalized spacial score (nSPS) is 10.5. The van der Waals surface area contributed by atoms with Crippen LogP contribution >= 0.6 is 0 Å². The van der Waals surface area contributed by atoms with Crippen LogP contribution in [0.25, 0.3) is 11.3 Å². The van der Waals surface area contributed by atoms with Gasteiger partial charge in [0, 0.05) is 18.3 Å². The van der Waals surface area contributed by atoms with Crippen LogP contribution in [-0.4, -0.2) is 14.8 Å². The average molecular weight is 202 g/mol. The highest BCUT2D eigenvalue weighted by molar-refractivity contribution is 5.63. The van der Waals surface area contributed by atoms with Crippen LogP contribution in [0, 0.1) is 6.92 Å². The van der Waals surface area contributed by atoms with Crippen molar-refractivity contribution in [2.75, 3.05) is 5.73 Å². The number of nitrogens with two attached hydrogens (primary N) is 1. The Morgan fingerprint density at radius 3 is 2.80 bits per heavy atom. The molecular formula is C11H14N4. The molecule has 0 amide bonds. The predicted molar refractivity (Wildman–Crippen MR) is 60.3 cm³/mol. The average Bonchev–Trinajstić information content (AvgIpc) is 2.66. The molecule has 4 nitrogen and oxygen atoms in total. The highest BCUT2D eigenvalue weighted by atomic mass is 15.3. The molecular weight excluding hydrogens is 188 g/mol. The molecule has 0 radical (unpaired) electrons. The van der Waals surface area contributed by atoms with Gasteiger partial charge in [0.1, 0.15) is 0 Å². The summed E-state index contributed by atoms with van der Waals surface area (Å²) in [6, 6.07) is 1.92. The zero-order valence-electron chi connectivity index (χ0n) is 8.94. The maximum atomic E-state index is 5.65. The number of nitrogens with zero attached hydrogens (tertiary/aromatic N) is 3. The summed E-state index contributed by atoms with van der Waals surface area (Å²) in [5, 5.41) is 4.22. The van der Waals surface area contributed by atoms with Gasteiger partial charge in [-0.3, -0.25) is 9.67 Å². The van der Waals surface area contributed by atoms with Crippen LogP contribution in [0.4, 0.5) is 5.69 Å². The molecule has 0 saturated carbocycles. The van der Waals surface area contributed by atoms with Gasteiger partial charge >= 0.3 is 0 Å². The summed E-state index contributed by atoms with van der Waals surface area (Å²) < 4.78 is 1.88. The van der Waals surface area contributed by atoms with Gasteiger partial charge in [0.05, 0.1) is 23.8 Å². The molecule has 2 aromatic rings. The third-order valence-electron chi connectivity index (χ3n) is 2.33. The smallest absolute Gasteiger partial charge is 0.0764 e. The quantitative estimate of drug-likeness (QED) is 0.808. The minimum Gasteiger partial charge on any atom is -0.397 e. The lowest BCUT2D eigenvalue weighted by atomic mass is 10.1. The topological polar surface area (TPSA) is 56.7 Å². The van der Waals surface area contributed by atoms with Crippen molar-refractivity contribution < 1.29 is 0 Å². The van der Waals surface area contributed by atoms with Crippen LogP contribution in [0.15, 0.2) is 24.7 Å². The Morgan fingerprint density at radius 1 is 1.40 bits per heavy atom. The molecule has 2 aromatic heterocycles. The summed E-state index contributed by atoms with van der Waals surface area (Å²) in [4.78, 5) is 4.32. The maximum Gasteiger partial charge on any atom is 0.0764 e. The Balaban J connectivity index is 2.44. The molecule has 0 aliphatic carbocycles. The largest absolute Gasteiger partial charge is 0.397 e. The molecule has 0 atom stereocenters. The molecule has 0 spiro atoms. The predicted octanol–water partition coefficient (Wildman–Crippen LogP) is 1.86. The molecule has 78 valence electrons. The fourth-order valence-corrected chi connectivity index (χ4v) is 1.56. The summed E-state index contributed by atoms with van der Waals surface area (Å²) in [7, 11) is 0. The van der Waals surface area contributed by atoms with Crippen molar-refractivity contribution in [1.82, 2.24) is 14.8 Å². The summed E-state index contributed by atoms with van der Waals surface area (Å²) in [6.07, 6.45) is 5.49. The van der Waals surface area contributed by atoms with Crippen molar-refractivity contribution in [2.45, 2.75) is 20.4 Å². The summed E-state index contributed by atoms with van der Waals surface area (Å²) in [6.45, 7) is 4.93. The number of aryl methyl sites for hydroxylation is 2. The Kier molecular flexibility index (Phi) is 2.41. The van der Waals surface area contributed by atoms with Crippen LogP contribution in [0.2, 0.25) is 0 Å². The van der Waals surface area contributed by atoms with Crippen molar-refractivity contribution in [1.29, 1.82) is 0 Å². The minimum absolute atomic E-state index is 0.694. The number of rotatable bonds is 2. The Hall–Kier alpha value is -1.84. The van der Waals surface area contributed by atoms with E-state index in [0.717, 1.165) is 23.4 Å². The summed E-state index contributed by atoms with van der Waals surface area (Å²) >= 11 is 0. The van der Waals surface area contributed by atoms with E-state index in [2.05, 4.69) is 17.0 Å². The molecule has 0 fully saturated rings. The number of hydrogen-bond acceptors (Lipinski definition) is 3. The molecule has 0 aliphatic rings. The van der Waals surface area contributed by atoms with Crippen LogP contribution in [0.5, 0.6) is 0 Å². The van der Waals surface area contributed by atoms with Crippen LogP contribution < -0.4 is 5.73 Å². The standard InChI is InChI=1S/C11H14N4/c1-3-15-7-9(5-14-15)11-8(2)4-10(12)6-13-11/h4-7H,3,12H2,1-2H3. The first kappa shape index (κ1) is 9.71. The van der Waals surface area contributed by atoms with Gasteiger partial charge in [-0.15, -0.1) is 0 Å². The zero-order valence-corrected chi connectivity index (χ0v) is 8.94. The third kappa shape index (κ3) is 1.83. The van der Waals surface area contributed by atoms with E-state index in [9.17, 15) is 0 Å². The van der Waals surface area contributed by atoms with Crippen LogP contribution in [0.3, 0.4) is 0 Å². The van der Waals surface area contributed by atoms with Gasteiger partial charge in [0.25, 0.3) is 0 Å². The van der Waals surface area contributed by atoms with Gasteiger partial charge in [-0.25, -0.2) is 0 Å². The monoisotopic (exact) mass is 202 g/mol. The van der Waals surface area contributed by atoms with Crippen molar-refractivity contribution in [3.8, 4) is 11.3 Å². The number of hydrogen-bond donors (Lipinski definition) is 1. The van der Waals surface area contributed by atoms with Gasteiger partial charge in [-0.1, -0.05) is 0 Å². The van der Waals surface area contributed by atoms with Crippen molar-refractivity contribution in [2.24, 2.45) is 0 Å². The highest BCUT2D eigenvalue weighted by Crippen LogP contribution is 2.21. The zero-order chi connectivity index (χ0) is 10.8. The second-order valence-electron chi connectivity index (χ2n) is 3.52. The number of anilines is 1. The fourth-order valence-electron chi connectivity index (χ4n) is 1.56. The molecule has 2 heterocycles. The summed E-state index contributed by atoms with van der Waals surface area (Å²) in [5.41, 5.74) is 9.41. The van der Waals surface area contributed by atoms with E-state index >= 15 is 0 Å². The number of pyridine rings is 1. The first-order chi connectivity index (χ1) is 7.20. The van der Waals surface area contributed by atoms with Crippen LogP contribution in [-0.2, 0) is 6.54 Å². The second-order valence-corrected chi connectivity index (χ2v) is 3.52. The van der Waals surface area contributed by atoms with Gasteiger partial charge in [-0.05, 0) is 25.5 Å². The Morgan fingerprint density at radius 2 is 2.20 bits per heavy atom. The van der Waals surface area contributed by atoms with E-state index in [4.69, 9.17) is 5.73 Å². The lowest BCUT2D eigenvalue weighted by Crippen LogP contribution is -1.93. The highest BCUT2D eigenvalue weighted by Gasteiger charge is 2.05. The molecule has 0 saturated heterocycles. The SMILES string of the molecule is CCn1cc(-c2ncc(N)cc2C)cn1. The molecule has 0 bridgehead atoms. The van der Waals surface area contributed by atoms with Crippen LogP contribution in [0.1, 0.15) is 12.5 Å². The van der Waals surface area contributed by atoms with E-state index in [1.165, 1.54) is 0 Å². The van der Waals surface area contributed by atoms with Gasteiger partial charge in [0.2, 0.25) is 0 Å². The maximum absolute atomic E-state index is 5.65. The van der Waals surface area contributed by atoms with E-state index in [0.29, 0.717) is 5.69 Å². The Labute approximate surface area is 88.8 Å². The van der Waals surface area contributed by atoms with Gasteiger partial charge < -0.3 is 5.73 Å². The molecule has 0 aromatic carbocycles. The second kappa shape index (κ2) is 3.73. The molecule has 2 rings (SSSR count). The van der Waals surface area contributed by atoms with E-state index in [1.807, 2.05) is 30.1 Å². The summed E-state index contributed by atoms with van der Waals surface area (Å²) in [5.74, 6) is 0. The van der Waals surface area contributed by atoms with E-state index in [1.54, 1.807) is 6.20 Å². The molecule has 15 heavy (non-hydrogen) atoms. The Bertz CT molecular complexity index is 473. The molecule has 4 heteroatoms. The first-order valence-corrected chi connectivity index (χ1v) is 4.95. The molecule has 2 N–H and O–H groups in total. The van der Waals surface area contributed by atoms with Crippen molar-refractivity contribution in [3.05, 3.63) is 30.2 Å². The van der Waals surface area contributed by atoms with E-state index in [-0.39, 0.29) is 0 Å². The fraction of sp³-hybridized carbons (Fsp3) is 0.273. The number of aromatic nitrogens is 3. The van der Waals surface area contributed by atoms with Gasteiger partial charge in [-0.2, -0.15) is 5.10 Å². The van der Waals surface area contributed by atoms with Crippen molar-refractivity contribution in [3.63, 3.8) is 0 Å². The minimum atomic E-state index is 0.694. The lowest BCUT2D eigenvalue weighted by Gasteiger charge is -2.02. The third-order valence-corrected chi connectivity index (χ3v) is 2.33.